The van der Waals surface area contributed by atoms with E-state index in [9.17, 15) is 9.18 Å². The minimum atomic E-state index is -1.17. The van der Waals surface area contributed by atoms with Gasteiger partial charge in [-0.15, -0.1) is 0 Å². The summed E-state index contributed by atoms with van der Waals surface area (Å²) in [6.07, 6.45) is 0. The fraction of sp³-hybridized carbons (Fsp3) is 0.0714. The molecule has 6 heteroatoms. The molecule has 2 aromatic rings. The quantitative estimate of drug-likeness (QED) is 0.873. The van der Waals surface area contributed by atoms with Crippen LogP contribution in [0.4, 0.5) is 4.39 Å². The third-order valence-electron chi connectivity index (χ3n) is 2.51. The van der Waals surface area contributed by atoms with Crippen LogP contribution >= 0.6 is 27.5 Å². The molecule has 0 aliphatic carbocycles. The van der Waals surface area contributed by atoms with Crippen LogP contribution in [0, 0.1) is 5.82 Å². The van der Waals surface area contributed by atoms with Gasteiger partial charge in [-0.25, -0.2) is 9.18 Å². The predicted octanol–water partition coefficient (Wildman–Crippen LogP) is 4.52. The van der Waals surface area contributed by atoms with Crippen LogP contribution in [-0.2, 0) is 6.61 Å². The van der Waals surface area contributed by atoms with Crippen molar-refractivity contribution in [1.82, 2.24) is 0 Å². The highest BCUT2D eigenvalue weighted by atomic mass is 79.9. The molecule has 0 aromatic heterocycles. The Morgan fingerprint density at radius 3 is 2.75 bits per heavy atom. The number of hydrogen-bond donors (Lipinski definition) is 1. The van der Waals surface area contributed by atoms with Crippen molar-refractivity contribution >= 4 is 33.5 Å². The lowest BCUT2D eigenvalue weighted by Gasteiger charge is -2.10. The first kappa shape index (κ1) is 14.8. The minimum Gasteiger partial charge on any atom is -0.488 e. The summed E-state index contributed by atoms with van der Waals surface area (Å²) in [5, 5.41) is 9.19. The molecule has 0 atom stereocenters. The fourth-order valence-electron chi connectivity index (χ4n) is 1.69. The first-order valence-corrected chi connectivity index (χ1v) is 6.74. The first-order valence-electron chi connectivity index (χ1n) is 5.57. The number of halogens is 3. The minimum absolute atomic E-state index is 0.0387. The Labute approximate surface area is 128 Å². The normalized spacial score (nSPS) is 10.3. The van der Waals surface area contributed by atoms with Crippen LogP contribution in [0.3, 0.4) is 0 Å². The third-order valence-corrected chi connectivity index (χ3v) is 3.28. The highest BCUT2D eigenvalue weighted by Crippen LogP contribution is 2.27. The largest absolute Gasteiger partial charge is 0.488 e. The number of carbonyl (C=O) groups is 1. The van der Waals surface area contributed by atoms with Crippen LogP contribution in [0.15, 0.2) is 40.9 Å². The lowest BCUT2D eigenvalue weighted by molar-refractivity contribution is 0.0692. The van der Waals surface area contributed by atoms with Crippen molar-refractivity contribution < 1.29 is 19.0 Å². The van der Waals surface area contributed by atoms with E-state index in [4.69, 9.17) is 21.4 Å². The Morgan fingerprint density at radius 2 is 2.10 bits per heavy atom. The van der Waals surface area contributed by atoms with Gasteiger partial charge in [0.25, 0.3) is 0 Å². The zero-order valence-corrected chi connectivity index (χ0v) is 12.4. The van der Waals surface area contributed by atoms with Gasteiger partial charge < -0.3 is 9.84 Å². The second-order valence-electron chi connectivity index (χ2n) is 3.98. The molecule has 0 radical (unpaired) electrons. The highest BCUT2D eigenvalue weighted by Gasteiger charge is 2.15. The highest BCUT2D eigenvalue weighted by molar-refractivity contribution is 9.10. The van der Waals surface area contributed by atoms with Crippen molar-refractivity contribution in [1.29, 1.82) is 0 Å². The molecule has 3 nitrogen and oxygen atoms in total. The number of aromatic carboxylic acids is 1. The molecule has 0 aliphatic rings. The molecule has 0 amide bonds. The van der Waals surface area contributed by atoms with Crippen LogP contribution < -0.4 is 4.74 Å². The van der Waals surface area contributed by atoms with Crippen molar-refractivity contribution in [3.8, 4) is 5.75 Å². The monoisotopic (exact) mass is 358 g/mol. The summed E-state index contributed by atoms with van der Waals surface area (Å²) < 4.78 is 19.2. The third kappa shape index (κ3) is 3.49. The number of carboxylic acids is 1. The molecule has 2 rings (SSSR count). The Balaban J connectivity index is 2.23. The van der Waals surface area contributed by atoms with E-state index in [2.05, 4.69) is 15.9 Å². The Hall–Kier alpha value is -1.59. The van der Waals surface area contributed by atoms with E-state index in [1.165, 1.54) is 24.3 Å². The standard InChI is InChI=1S/C14H9BrClFO3/c15-9-4-8(5-10(17)6-9)7-20-12-3-1-2-11(16)13(12)14(18)19/h1-6H,7H2,(H,18,19). The predicted molar refractivity (Wildman–Crippen MR) is 76.8 cm³/mol. The molecule has 0 unspecified atom stereocenters. The maximum atomic E-state index is 13.2. The van der Waals surface area contributed by atoms with Crippen LogP contribution in [0.2, 0.25) is 5.02 Å². The molecule has 2 aromatic carbocycles. The van der Waals surface area contributed by atoms with E-state index in [0.717, 1.165) is 0 Å². The second-order valence-corrected chi connectivity index (χ2v) is 5.31. The Bertz CT molecular complexity index is 641. The van der Waals surface area contributed by atoms with Crippen molar-refractivity contribution in [3.05, 3.63) is 62.8 Å². The molecule has 0 saturated heterocycles. The summed E-state index contributed by atoms with van der Waals surface area (Å²) in [7, 11) is 0. The summed E-state index contributed by atoms with van der Waals surface area (Å²) in [5.74, 6) is -1.43. The van der Waals surface area contributed by atoms with E-state index in [0.29, 0.717) is 10.0 Å². The van der Waals surface area contributed by atoms with Gasteiger partial charge >= 0.3 is 5.97 Å². The van der Waals surface area contributed by atoms with E-state index in [1.807, 2.05) is 0 Å². The summed E-state index contributed by atoms with van der Waals surface area (Å²) in [6.45, 7) is 0.0387. The second kappa shape index (κ2) is 6.24. The van der Waals surface area contributed by atoms with E-state index in [-0.39, 0.29) is 22.9 Å². The zero-order chi connectivity index (χ0) is 14.7. The molecule has 0 fully saturated rings. The van der Waals surface area contributed by atoms with Crippen molar-refractivity contribution in [2.75, 3.05) is 0 Å². The van der Waals surface area contributed by atoms with Gasteiger partial charge in [-0.05, 0) is 35.9 Å². The Kier molecular flexibility index (Phi) is 4.62. The van der Waals surface area contributed by atoms with Gasteiger partial charge in [0.05, 0.1) is 5.02 Å². The smallest absolute Gasteiger partial charge is 0.341 e. The van der Waals surface area contributed by atoms with E-state index in [1.54, 1.807) is 12.1 Å². The number of carboxylic acid groups (broad SMARTS) is 1. The maximum absolute atomic E-state index is 13.2. The maximum Gasteiger partial charge on any atom is 0.341 e. The molecule has 1 N–H and O–H groups in total. The molecule has 0 spiro atoms. The summed E-state index contributed by atoms with van der Waals surface area (Å²) in [4.78, 5) is 11.1. The molecule has 0 bridgehead atoms. The Morgan fingerprint density at radius 1 is 1.35 bits per heavy atom. The molecular formula is C14H9BrClFO3. The van der Waals surface area contributed by atoms with Gasteiger partial charge in [-0.2, -0.15) is 0 Å². The zero-order valence-electron chi connectivity index (χ0n) is 10.1. The molecule has 0 saturated carbocycles. The number of benzene rings is 2. The van der Waals surface area contributed by atoms with Gasteiger partial charge in [-0.3, -0.25) is 0 Å². The van der Waals surface area contributed by atoms with E-state index >= 15 is 0 Å². The molecule has 0 aliphatic heterocycles. The van der Waals surface area contributed by atoms with Gasteiger partial charge in [-0.1, -0.05) is 33.6 Å². The van der Waals surface area contributed by atoms with Crippen LogP contribution in [0.25, 0.3) is 0 Å². The number of ether oxygens (including phenoxy) is 1. The number of rotatable bonds is 4. The lowest BCUT2D eigenvalue weighted by atomic mass is 10.2. The first-order chi connectivity index (χ1) is 9.47. The average molecular weight is 360 g/mol. The van der Waals surface area contributed by atoms with Crippen molar-refractivity contribution in [2.45, 2.75) is 6.61 Å². The summed E-state index contributed by atoms with van der Waals surface area (Å²) in [5.41, 5.74) is 0.470. The lowest BCUT2D eigenvalue weighted by Crippen LogP contribution is -2.04. The fourth-order valence-corrected chi connectivity index (χ4v) is 2.45. The molecule has 104 valence electrons. The topological polar surface area (TPSA) is 46.5 Å². The van der Waals surface area contributed by atoms with Crippen molar-refractivity contribution in [3.63, 3.8) is 0 Å². The van der Waals surface area contributed by atoms with Gasteiger partial charge in [0, 0.05) is 4.47 Å². The van der Waals surface area contributed by atoms with Crippen LogP contribution in [-0.4, -0.2) is 11.1 Å². The van der Waals surface area contributed by atoms with Gasteiger partial charge in [0.15, 0.2) is 0 Å². The summed E-state index contributed by atoms with van der Waals surface area (Å²) >= 11 is 9.01. The van der Waals surface area contributed by atoms with Gasteiger partial charge in [0.1, 0.15) is 23.7 Å². The number of hydrogen-bond acceptors (Lipinski definition) is 2. The molecule has 0 heterocycles. The van der Waals surface area contributed by atoms with Crippen LogP contribution in [0.1, 0.15) is 15.9 Å². The van der Waals surface area contributed by atoms with Gasteiger partial charge in [0.2, 0.25) is 0 Å². The summed E-state index contributed by atoms with van der Waals surface area (Å²) in [6, 6.07) is 8.89. The van der Waals surface area contributed by atoms with Crippen LogP contribution in [0.5, 0.6) is 5.75 Å². The SMILES string of the molecule is O=C(O)c1c(Cl)cccc1OCc1cc(F)cc(Br)c1. The van der Waals surface area contributed by atoms with Crippen molar-refractivity contribution in [2.24, 2.45) is 0 Å². The average Bonchev–Trinajstić information content (AvgIpc) is 2.34. The molecule has 20 heavy (non-hydrogen) atoms. The molecular weight excluding hydrogens is 351 g/mol. The van der Waals surface area contributed by atoms with E-state index < -0.39 is 11.8 Å².